The largest absolute Gasteiger partial charge is 0.465 e. The first-order valence-corrected chi connectivity index (χ1v) is 14.2. The van der Waals surface area contributed by atoms with Crippen LogP contribution in [0.5, 0.6) is 0 Å². The van der Waals surface area contributed by atoms with Crippen molar-refractivity contribution >= 4 is 38.6 Å². The lowest BCUT2D eigenvalue weighted by Crippen LogP contribution is -2.25. The van der Waals surface area contributed by atoms with Crippen LogP contribution < -0.4 is 0 Å². The summed E-state index contributed by atoms with van der Waals surface area (Å²) in [5, 5.41) is 14.1. The Morgan fingerprint density at radius 3 is 2.61 bits per heavy atom. The van der Waals surface area contributed by atoms with E-state index in [1.807, 2.05) is 19.1 Å². The van der Waals surface area contributed by atoms with Crippen molar-refractivity contribution in [3.05, 3.63) is 28.7 Å². The molecule has 3 aromatic rings. The van der Waals surface area contributed by atoms with Gasteiger partial charge in [0.05, 0.1) is 18.6 Å². The number of rotatable bonds is 9. The van der Waals surface area contributed by atoms with Gasteiger partial charge in [-0.25, -0.2) is 24.7 Å². The molecule has 1 saturated carbocycles. The summed E-state index contributed by atoms with van der Waals surface area (Å²) in [6, 6.07) is 3.84. The maximum atomic E-state index is 12.4. The highest BCUT2D eigenvalue weighted by atomic mass is 35.5. The van der Waals surface area contributed by atoms with Gasteiger partial charge < -0.3 is 9.47 Å². The molecule has 0 bridgehead atoms. The van der Waals surface area contributed by atoms with E-state index in [-0.39, 0.29) is 23.7 Å². The molecule has 3 aromatic heterocycles. The van der Waals surface area contributed by atoms with Gasteiger partial charge >= 0.3 is 5.97 Å². The summed E-state index contributed by atoms with van der Waals surface area (Å²) >= 11 is 6.48. The van der Waals surface area contributed by atoms with Crippen LogP contribution >= 0.6 is 21.6 Å². The number of ether oxygens (including phenoxy) is 2. The van der Waals surface area contributed by atoms with E-state index in [2.05, 4.69) is 44.0 Å². The van der Waals surface area contributed by atoms with Gasteiger partial charge in [-0.15, -0.1) is 10.2 Å². The second kappa shape index (κ2) is 9.15. The van der Waals surface area contributed by atoms with Gasteiger partial charge in [-0.2, -0.15) is 5.10 Å². The molecule has 3 heterocycles. The molecule has 0 N–H and O–H groups in total. The number of aryl methyl sites for hydroxylation is 1. The molecule has 9 nitrogen and oxygen atoms in total. The summed E-state index contributed by atoms with van der Waals surface area (Å²) in [6.45, 7) is 4.91. The molecular formula is C22H29ClN6O3S. The van der Waals surface area contributed by atoms with Crippen molar-refractivity contribution in [2.24, 2.45) is 0 Å². The molecule has 33 heavy (non-hydrogen) atoms. The van der Waals surface area contributed by atoms with Gasteiger partial charge in [0.1, 0.15) is 23.5 Å². The number of hydrogen-bond acceptors (Lipinski definition) is 8. The maximum Gasteiger partial charge on any atom is 0.318 e. The van der Waals surface area contributed by atoms with Gasteiger partial charge in [-0.1, -0.05) is 11.6 Å². The molecule has 0 spiro atoms. The molecule has 4 rings (SSSR count). The molecule has 0 unspecified atom stereocenters. The SMILES string of the molecule is CCOC(=O)C1(c2nnc(-c3nn(COCCS(C)(C)C)c4nc(C)ccc34)nc2Cl)CC1. The zero-order valence-electron chi connectivity index (χ0n) is 19.6. The number of esters is 1. The van der Waals surface area contributed by atoms with Crippen LogP contribution in [-0.4, -0.2) is 73.6 Å². The highest BCUT2D eigenvalue weighted by Crippen LogP contribution is 2.50. The van der Waals surface area contributed by atoms with E-state index >= 15 is 0 Å². The minimum absolute atomic E-state index is 0.137. The van der Waals surface area contributed by atoms with Crippen LogP contribution in [0.3, 0.4) is 0 Å². The molecule has 0 saturated heterocycles. The van der Waals surface area contributed by atoms with Crippen LogP contribution in [0, 0.1) is 6.92 Å². The van der Waals surface area contributed by atoms with E-state index in [1.54, 1.807) is 11.6 Å². The summed E-state index contributed by atoms with van der Waals surface area (Å²) < 4.78 is 12.8. The normalized spacial score (nSPS) is 15.6. The van der Waals surface area contributed by atoms with E-state index in [9.17, 15) is 4.79 Å². The summed E-state index contributed by atoms with van der Waals surface area (Å²) in [7, 11) is -0.638. The van der Waals surface area contributed by atoms with Gasteiger partial charge in [0, 0.05) is 11.4 Å². The average molecular weight is 493 g/mol. The van der Waals surface area contributed by atoms with Crippen LogP contribution in [0.1, 0.15) is 31.2 Å². The van der Waals surface area contributed by atoms with Crippen LogP contribution in [-0.2, 0) is 26.4 Å². The third-order valence-corrected chi connectivity index (χ3v) is 7.17. The number of hydrogen-bond donors (Lipinski definition) is 0. The Kier molecular flexibility index (Phi) is 6.61. The van der Waals surface area contributed by atoms with Crippen LogP contribution in [0.25, 0.3) is 22.6 Å². The fraction of sp³-hybridized carbons (Fsp3) is 0.545. The third-order valence-electron chi connectivity index (χ3n) is 5.51. The number of carbonyl (C=O) groups is 1. The first-order valence-electron chi connectivity index (χ1n) is 10.8. The van der Waals surface area contributed by atoms with Crippen LogP contribution in [0.2, 0.25) is 5.15 Å². The quantitative estimate of drug-likeness (QED) is 0.330. The van der Waals surface area contributed by atoms with Crippen LogP contribution in [0.4, 0.5) is 0 Å². The van der Waals surface area contributed by atoms with Crippen molar-refractivity contribution in [2.75, 3.05) is 37.7 Å². The smallest absolute Gasteiger partial charge is 0.318 e. The van der Waals surface area contributed by atoms with Gasteiger partial charge in [0.25, 0.3) is 0 Å². The van der Waals surface area contributed by atoms with E-state index in [0.29, 0.717) is 43.1 Å². The second-order valence-electron chi connectivity index (χ2n) is 9.08. The maximum absolute atomic E-state index is 12.4. The van der Waals surface area contributed by atoms with E-state index in [0.717, 1.165) is 16.8 Å². The second-order valence-corrected chi connectivity index (χ2v) is 14.0. The minimum Gasteiger partial charge on any atom is -0.465 e. The average Bonchev–Trinajstić information content (AvgIpc) is 3.47. The van der Waals surface area contributed by atoms with Gasteiger partial charge in [-0.05, 0) is 57.6 Å². The molecule has 1 fully saturated rings. The fourth-order valence-electron chi connectivity index (χ4n) is 3.49. The number of carbonyl (C=O) groups excluding carboxylic acids is 1. The first-order chi connectivity index (χ1) is 15.6. The first kappa shape index (κ1) is 23.8. The van der Waals surface area contributed by atoms with E-state index < -0.39 is 15.4 Å². The molecule has 0 radical (unpaired) electrons. The Labute approximate surface area is 199 Å². The predicted octanol–water partition coefficient (Wildman–Crippen LogP) is 3.51. The molecule has 1 aliphatic rings. The topological polar surface area (TPSA) is 105 Å². The fourth-order valence-corrected chi connectivity index (χ4v) is 4.41. The number of nitrogens with zero attached hydrogens (tertiary/aromatic N) is 6. The lowest BCUT2D eigenvalue weighted by molar-refractivity contribution is -0.146. The predicted molar refractivity (Wildman–Crippen MR) is 130 cm³/mol. The van der Waals surface area contributed by atoms with Gasteiger partial charge in [0.15, 0.2) is 10.8 Å². The molecular weight excluding hydrogens is 464 g/mol. The summed E-state index contributed by atoms with van der Waals surface area (Å²) in [5.41, 5.74) is 1.59. The highest BCUT2D eigenvalue weighted by molar-refractivity contribution is 8.32. The molecule has 11 heteroatoms. The Bertz CT molecular complexity index is 1190. The monoisotopic (exact) mass is 492 g/mol. The lowest BCUT2D eigenvalue weighted by atomic mass is 10.0. The molecule has 0 aliphatic heterocycles. The van der Waals surface area contributed by atoms with Crippen molar-refractivity contribution < 1.29 is 14.3 Å². The molecule has 0 aromatic carbocycles. The zero-order valence-corrected chi connectivity index (χ0v) is 21.2. The Balaban J connectivity index is 1.64. The van der Waals surface area contributed by atoms with Crippen molar-refractivity contribution in [1.29, 1.82) is 0 Å². The summed E-state index contributed by atoms with van der Waals surface area (Å²) in [4.78, 5) is 21.5. The Hall–Kier alpha value is -2.30. The standard InChI is InChI=1S/C22H29ClN6O3S/c1-6-32-21(30)22(9-10-22)17-18(23)25-19(27-26-17)16-15-8-7-14(2)24-20(15)29(28-16)13-31-11-12-33(3,4)5/h7-8H,6,9-13H2,1-5H3. The minimum atomic E-state index is -0.839. The summed E-state index contributed by atoms with van der Waals surface area (Å²) in [6.07, 6.45) is 8.02. The van der Waals surface area contributed by atoms with Gasteiger partial charge in [0.2, 0.25) is 5.82 Å². The molecule has 1 aliphatic carbocycles. The number of halogens is 1. The van der Waals surface area contributed by atoms with Crippen molar-refractivity contribution in [3.8, 4) is 11.5 Å². The third kappa shape index (κ3) is 4.97. The molecule has 178 valence electrons. The van der Waals surface area contributed by atoms with Crippen molar-refractivity contribution in [3.63, 3.8) is 0 Å². The highest BCUT2D eigenvalue weighted by Gasteiger charge is 2.56. The van der Waals surface area contributed by atoms with Crippen molar-refractivity contribution in [2.45, 2.75) is 38.8 Å². The van der Waals surface area contributed by atoms with Gasteiger partial charge in [-0.3, -0.25) is 4.79 Å². The van der Waals surface area contributed by atoms with E-state index in [4.69, 9.17) is 21.1 Å². The Morgan fingerprint density at radius 2 is 1.97 bits per heavy atom. The molecule has 0 amide bonds. The number of aromatic nitrogens is 6. The van der Waals surface area contributed by atoms with E-state index in [1.165, 1.54) is 0 Å². The number of fused-ring (bicyclic) bond motifs is 1. The Morgan fingerprint density at radius 1 is 1.21 bits per heavy atom. The molecule has 0 atom stereocenters. The zero-order chi connectivity index (χ0) is 23.8. The number of pyridine rings is 1. The van der Waals surface area contributed by atoms with Crippen molar-refractivity contribution in [1.82, 2.24) is 29.9 Å². The lowest BCUT2D eigenvalue weighted by Gasteiger charge is -2.24. The summed E-state index contributed by atoms with van der Waals surface area (Å²) in [5.74, 6) is 0.953. The van der Waals surface area contributed by atoms with Crippen LogP contribution in [0.15, 0.2) is 12.1 Å².